The highest BCUT2D eigenvalue weighted by molar-refractivity contribution is 5.95. The van der Waals surface area contributed by atoms with Gasteiger partial charge < -0.3 is 4.74 Å². The van der Waals surface area contributed by atoms with E-state index < -0.39 is 0 Å². The lowest BCUT2D eigenvalue weighted by Crippen LogP contribution is -2.38. The SMILES string of the molecule is CC1=C2C[C@@]3(C)C(=CCC(=O)[C@@H]3C)C=C2OC1=O. The Morgan fingerprint density at radius 1 is 1.39 bits per heavy atom. The lowest BCUT2D eigenvalue weighted by Gasteiger charge is -2.42. The summed E-state index contributed by atoms with van der Waals surface area (Å²) in [6.45, 7) is 5.89. The van der Waals surface area contributed by atoms with Crippen LogP contribution in [0.15, 0.2) is 34.6 Å². The van der Waals surface area contributed by atoms with Crippen LogP contribution in [0.5, 0.6) is 0 Å². The molecule has 0 aromatic carbocycles. The highest BCUT2D eigenvalue weighted by Gasteiger charge is 2.46. The minimum atomic E-state index is -0.252. The highest BCUT2D eigenvalue weighted by Crippen LogP contribution is 2.52. The molecule has 0 bridgehead atoms. The summed E-state index contributed by atoms with van der Waals surface area (Å²) in [6, 6.07) is 0. The molecule has 3 rings (SSSR count). The van der Waals surface area contributed by atoms with Crippen LogP contribution in [-0.4, -0.2) is 11.8 Å². The summed E-state index contributed by atoms with van der Waals surface area (Å²) in [5, 5.41) is 0. The maximum atomic E-state index is 11.9. The number of allylic oxidation sites excluding steroid dienone is 4. The van der Waals surface area contributed by atoms with E-state index >= 15 is 0 Å². The van der Waals surface area contributed by atoms with Crippen molar-refractivity contribution in [3.05, 3.63) is 34.6 Å². The average molecular weight is 244 g/mol. The highest BCUT2D eigenvalue weighted by atomic mass is 16.5. The number of hydrogen-bond acceptors (Lipinski definition) is 3. The van der Waals surface area contributed by atoms with Crippen LogP contribution < -0.4 is 0 Å². The molecular weight excluding hydrogens is 228 g/mol. The molecule has 0 amide bonds. The Bertz CT molecular complexity index is 562. The fourth-order valence-electron chi connectivity index (χ4n) is 3.10. The molecule has 2 aliphatic carbocycles. The molecule has 0 saturated carbocycles. The van der Waals surface area contributed by atoms with E-state index in [2.05, 4.69) is 6.92 Å². The number of esters is 1. The number of ketones is 1. The Kier molecular flexibility index (Phi) is 2.19. The molecule has 3 heteroatoms. The van der Waals surface area contributed by atoms with Crippen LogP contribution in [0.2, 0.25) is 0 Å². The summed E-state index contributed by atoms with van der Waals surface area (Å²) in [7, 11) is 0. The van der Waals surface area contributed by atoms with Gasteiger partial charge >= 0.3 is 5.97 Å². The molecule has 0 saturated heterocycles. The monoisotopic (exact) mass is 244 g/mol. The third-order valence-corrected chi connectivity index (χ3v) is 4.71. The second-order valence-electron chi connectivity index (χ2n) is 5.65. The summed E-state index contributed by atoms with van der Waals surface area (Å²) in [6.07, 6.45) is 5.13. The smallest absolute Gasteiger partial charge is 0.339 e. The second kappa shape index (κ2) is 3.44. The number of hydrogen-bond donors (Lipinski definition) is 0. The van der Waals surface area contributed by atoms with Crippen molar-refractivity contribution < 1.29 is 14.3 Å². The Morgan fingerprint density at radius 2 is 2.11 bits per heavy atom. The van der Waals surface area contributed by atoms with E-state index in [0.29, 0.717) is 17.8 Å². The molecule has 0 aromatic rings. The first kappa shape index (κ1) is 11.5. The van der Waals surface area contributed by atoms with E-state index in [9.17, 15) is 9.59 Å². The van der Waals surface area contributed by atoms with Crippen molar-refractivity contribution in [2.45, 2.75) is 33.6 Å². The normalized spacial score (nSPS) is 34.7. The number of Topliss-reactive ketones (excluding diaryl/α,β-unsaturated/α-hetero) is 1. The molecule has 0 N–H and O–H groups in total. The van der Waals surface area contributed by atoms with Crippen molar-refractivity contribution in [1.82, 2.24) is 0 Å². The van der Waals surface area contributed by atoms with Crippen molar-refractivity contribution in [2.24, 2.45) is 11.3 Å². The average Bonchev–Trinajstić information content (AvgIpc) is 2.60. The van der Waals surface area contributed by atoms with E-state index in [1.165, 1.54) is 0 Å². The number of carbonyl (C=O) groups excluding carboxylic acids is 2. The second-order valence-corrected chi connectivity index (χ2v) is 5.65. The topological polar surface area (TPSA) is 43.4 Å². The van der Waals surface area contributed by atoms with Gasteiger partial charge in [0.25, 0.3) is 0 Å². The van der Waals surface area contributed by atoms with Crippen molar-refractivity contribution in [3.8, 4) is 0 Å². The summed E-state index contributed by atoms with van der Waals surface area (Å²) < 4.78 is 5.26. The molecule has 1 aliphatic heterocycles. The maximum Gasteiger partial charge on any atom is 0.339 e. The Balaban J connectivity index is 2.16. The fourth-order valence-corrected chi connectivity index (χ4v) is 3.10. The quantitative estimate of drug-likeness (QED) is 0.615. The van der Waals surface area contributed by atoms with E-state index in [1.54, 1.807) is 6.92 Å². The predicted molar refractivity (Wildman–Crippen MR) is 66.5 cm³/mol. The number of rotatable bonds is 0. The number of carbonyl (C=O) groups is 2. The van der Waals surface area contributed by atoms with Gasteiger partial charge in [0.15, 0.2) is 0 Å². The molecular formula is C15H16O3. The molecule has 0 spiro atoms. The third kappa shape index (κ3) is 1.30. The Labute approximate surface area is 106 Å². The lowest BCUT2D eigenvalue weighted by molar-refractivity contribution is -0.133. The van der Waals surface area contributed by atoms with E-state index in [0.717, 1.165) is 17.6 Å². The van der Waals surface area contributed by atoms with Crippen LogP contribution in [0.1, 0.15) is 33.6 Å². The summed E-state index contributed by atoms with van der Waals surface area (Å²) in [4.78, 5) is 23.5. The van der Waals surface area contributed by atoms with Gasteiger partial charge in [0.1, 0.15) is 11.5 Å². The minimum Gasteiger partial charge on any atom is -0.423 e. The summed E-state index contributed by atoms with van der Waals surface area (Å²) in [5.74, 6) is 0.703. The van der Waals surface area contributed by atoms with Gasteiger partial charge in [-0.2, -0.15) is 0 Å². The fraction of sp³-hybridized carbons (Fsp3) is 0.467. The van der Waals surface area contributed by atoms with Crippen LogP contribution in [0, 0.1) is 11.3 Å². The molecule has 3 nitrogen and oxygen atoms in total. The van der Waals surface area contributed by atoms with E-state index in [4.69, 9.17) is 4.74 Å². The first-order valence-electron chi connectivity index (χ1n) is 6.31. The minimum absolute atomic E-state index is 0.00805. The maximum absolute atomic E-state index is 11.9. The predicted octanol–water partition coefficient (Wildman–Crippen LogP) is 2.69. The molecule has 0 fully saturated rings. The zero-order valence-corrected chi connectivity index (χ0v) is 10.9. The molecule has 1 heterocycles. The van der Waals surface area contributed by atoms with Gasteiger partial charge in [0, 0.05) is 28.9 Å². The van der Waals surface area contributed by atoms with Crippen LogP contribution in [0.4, 0.5) is 0 Å². The van der Waals surface area contributed by atoms with Gasteiger partial charge in [0.05, 0.1) is 0 Å². The molecule has 0 radical (unpaired) electrons. The van der Waals surface area contributed by atoms with Gasteiger partial charge in [-0.1, -0.05) is 19.9 Å². The van der Waals surface area contributed by atoms with Gasteiger partial charge in [-0.15, -0.1) is 0 Å². The summed E-state index contributed by atoms with van der Waals surface area (Å²) in [5.41, 5.74) is 2.60. The van der Waals surface area contributed by atoms with Crippen molar-refractivity contribution >= 4 is 11.8 Å². The molecule has 3 aliphatic rings. The Hall–Kier alpha value is -1.64. The first-order valence-corrected chi connectivity index (χ1v) is 6.31. The van der Waals surface area contributed by atoms with Gasteiger partial charge in [0.2, 0.25) is 0 Å². The lowest BCUT2D eigenvalue weighted by atomic mass is 9.61. The molecule has 0 aromatic heterocycles. The van der Waals surface area contributed by atoms with Gasteiger partial charge in [-0.05, 0) is 25.0 Å². The van der Waals surface area contributed by atoms with Gasteiger partial charge in [-0.25, -0.2) is 4.79 Å². The third-order valence-electron chi connectivity index (χ3n) is 4.71. The molecule has 18 heavy (non-hydrogen) atoms. The largest absolute Gasteiger partial charge is 0.423 e. The molecule has 2 atom stereocenters. The molecule has 0 unspecified atom stereocenters. The van der Waals surface area contributed by atoms with Crippen molar-refractivity contribution in [1.29, 1.82) is 0 Å². The standard InChI is InChI=1S/C15H16O3/c1-8-11-7-15(3)9(2)12(16)5-4-10(15)6-13(11)18-14(8)17/h4,6,9H,5,7H2,1-3H3/t9-,15+/m0/s1. The summed E-state index contributed by atoms with van der Waals surface area (Å²) >= 11 is 0. The Morgan fingerprint density at radius 3 is 2.83 bits per heavy atom. The van der Waals surface area contributed by atoms with E-state index in [-0.39, 0.29) is 23.1 Å². The van der Waals surface area contributed by atoms with Crippen LogP contribution in [-0.2, 0) is 14.3 Å². The zero-order valence-electron chi connectivity index (χ0n) is 10.9. The van der Waals surface area contributed by atoms with Crippen LogP contribution in [0.3, 0.4) is 0 Å². The van der Waals surface area contributed by atoms with Crippen LogP contribution >= 0.6 is 0 Å². The van der Waals surface area contributed by atoms with Gasteiger partial charge in [-0.3, -0.25) is 4.79 Å². The van der Waals surface area contributed by atoms with Crippen molar-refractivity contribution in [3.63, 3.8) is 0 Å². The number of fused-ring (bicyclic) bond motifs is 2. The zero-order chi connectivity index (χ0) is 13.1. The number of ether oxygens (including phenoxy) is 1. The van der Waals surface area contributed by atoms with Crippen LogP contribution in [0.25, 0.3) is 0 Å². The first-order chi connectivity index (χ1) is 8.43. The van der Waals surface area contributed by atoms with Crippen molar-refractivity contribution in [2.75, 3.05) is 0 Å². The molecule has 94 valence electrons. The van der Waals surface area contributed by atoms with E-state index in [1.807, 2.05) is 19.1 Å².